The van der Waals surface area contributed by atoms with Gasteiger partial charge in [-0.1, -0.05) is 41.7 Å². The lowest BCUT2D eigenvalue weighted by Crippen LogP contribution is -2.11. The van der Waals surface area contributed by atoms with Gasteiger partial charge in [0.1, 0.15) is 22.5 Å². The number of rotatable bonds is 3. The maximum atomic E-state index is 12.9. The third kappa shape index (κ3) is 3.25. The first-order valence-electron chi connectivity index (χ1n) is 6.70. The summed E-state index contributed by atoms with van der Waals surface area (Å²) in [6.45, 7) is 0. The number of hydrogen-bond donors (Lipinski definition) is 1. The highest BCUT2D eigenvalue weighted by atomic mass is 32.1. The van der Waals surface area contributed by atoms with E-state index in [1.165, 1.54) is 24.3 Å². The SMILES string of the molecule is N#Cc1sc(NC(=O)c2ccc(F)cc2)nc1-c1ccccc1. The molecule has 0 aliphatic rings. The van der Waals surface area contributed by atoms with Crippen LogP contribution >= 0.6 is 11.3 Å². The monoisotopic (exact) mass is 323 g/mol. The average Bonchev–Trinajstić information content (AvgIpc) is 2.99. The smallest absolute Gasteiger partial charge is 0.257 e. The van der Waals surface area contributed by atoms with Gasteiger partial charge in [-0.25, -0.2) is 9.37 Å². The van der Waals surface area contributed by atoms with Gasteiger partial charge < -0.3 is 0 Å². The molecule has 2 aromatic carbocycles. The van der Waals surface area contributed by atoms with Gasteiger partial charge in [0.05, 0.1) is 0 Å². The van der Waals surface area contributed by atoms with E-state index in [9.17, 15) is 14.4 Å². The second-order valence-corrected chi connectivity index (χ2v) is 5.63. The van der Waals surface area contributed by atoms with Crippen LogP contribution in [0.1, 0.15) is 15.2 Å². The van der Waals surface area contributed by atoms with Crippen LogP contribution in [0.5, 0.6) is 0 Å². The summed E-state index contributed by atoms with van der Waals surface area (Å²) in [5.41, 5.74) is 1.66. The van der Waals surface area contributed by atoms with Crippen LogP contribution in [-0.2, 0) is 0 Å². The Bertz CT molecular complexity index is 882. The van der Waals surface area contributed by atoms with Gasteiger partial charge in [0, 0.05) is 11.1 Å². The molecule has 3 rings (SSSR count). The Kier molecular flexibility index (Phi) is 4.13. The van der Waals surface area contributed by atoms with Gasteiger partial charge in [0.25, 0.3) is 5.91 Å². The fourth-order valence-electron chi connectivity index (χ4n) is 2.01. The number of nitrogens with one attached hydrogen (secondary N) is 1. The highest BCUT2D eigenvalue weighted by molar-refractivity contribution is 7.16. The van der Waals surface area contributed by atoms with Crippen LogP contribution in [0.4, 0.5) is 9.52 Å². The van der Waals surface area contributed by atoms with Gasteiger partial charge in [-0.2, -0.15) is 5.26 Å². The van der Waals surface area contributed by atoms with Crippen molar-refractivity contribution in [3.05, 3.63) is 70.9 Å². The van der Waals surface area contributed by atoms with E-state index in [4.69, 9.17) is 0 Å². The molecule has 23 heavy (non-hydrogen) atoms. The number of hydrogen-bond acceptors (Lipinski definition) is 4. The minimum absolute atomic E-state index is 0.321. The van der Waals surface area contributed by atoms with Crippen molar-refractivity contribution in [1.82, 2.24) is 4.98 Å². The molecular weight excluding hydrogens is 313 g/mol. The van der Waals surface area contributed by atoms with Crippen LogP contribution in [-0.4, -0.2) is 10.9 Å². The lowest BCUT2D eigenvalue weighted by atomic mass is 10.1. The zero-order valence-corrected chi connectivity index (χ0v) is 12.6. The maximum Gasteiger partial charge on any atom is 0.257 e. The molecule has 6 heteroatoms. The number of amides is 1. The molecule has 0 aliphatic heterocycles. The van der Waals surface area contributed by atoms with E-state index in [1.54, 1.807) is 0 Å². The van der Waals surface area contributed by atoms with E-state index in [2.05, 4.69) is 16.4 Å². The lowest BCUT2D eigenvalue weighted by molar-refractivity contribution is 0.102. The van der Waals surface area contributed by atoms with E-state index in [-0.39, 0.29) is 0 Å². The van der Waals surface area contributed by atoms with E-state index >= 15 is 0 Å². The lowest BCUT2D eigenvalue weighted by Gasteiger charge is -2.01. The first kappa shape index (κ1) is 14.9. The first-order chi connectivity index (χ1) is 11.2. The number of carbonyl (C=O) groups excluding carboxylic acids is 1. The Morgan fingerprint density at radius 1 is 1.13 bits per heavy atom. The van der Waals surface area contributed by atoms with E-state index < -0.39 is 11.7 Å². The number of halogens is 1. The van der Waals surface area contributed by atoms with Crippen molar-refractivity contribution in [2.45, 2.75) is 0 Å². The van der Waals surface area contributed by atoms with Crippen molar-refractivity contribution in [3.63, 3.8) is 0 Å². The molecule has 0 atom stereocenters. The van der Waals surface area contributed by atoms with Crippen LogP contribution in [0.15, 0.2) is 54.6 Å². The van der Waals surface area contributed by atoms with Gasteiger partial charge in [-0.3, -0.25) is 10.1 Å². The molecule has 3 aromatic rings. The molecule has 0 aliphatic carbocycles. The van der Waals surface area contributed by atoms with Crippen molar-refractivity contribution in [1.29, 1.82) is 5.26 Å². The molecule has 4 nitrogen and oxygen atoms in total. The predicted molar refractivity (Wildman–Crippen MR) is 86.6 cm³/mol. The molecule has 1 amide bonds. The molecular formula is C17H10FN3OS. The summed E-state index contributed by atoms with van der Waals surface area (Å²) in [5, 5.41) is 12.2. The van der Waals surface area contributed by atoms with E-state index in [0.29, 0.717) is 21.3 Å². The van der Waals surface area contributed by atoms with Crippen molar-refractivity contribution < 1.29 is 9.18 Å². The molecule has 112 valence electrons. The van der Waals surface area contributed by atoms with Crippen molar-refractivity contribution in [3.8, 4) is 17.3 Å². The van der Waals surface area contributed by atoms with Gasteiger partial charge in [0.2, 0.25) is 0 Å². The topological polar surface area (TPSA) is 65.8 Å². The summed E-state index contributed by atoms with van der Waals surface area (Å²) in [5.74, 6) is -0.809. The predicted octanol–water partition coefficient (Wildman–Crippen LogP) is 4.07. The summed E-state index contributed by atoms with van der Waals surface area (Å²) in [4.78, 5) is 16.9. The molecule has 0 fully saturated rings. The molecule has 0 saturated carbocycles. The molecule has 1 heterocycles. The zero-order chi connectivity index (χ0) is 16.2. The molecule has 0 unspecified atom stereocenters. The Hall–Kier alpha value is -3.04. The molecule has 0 saturated heterocycles. The van der Waals surface area contributed by atoms with Crippen LogP contribution in [0.2, 0.25) is 0 Å². The van der Waals surface area contributed by atoms with E-state index in [0.717, 1.165) is 16.9 Å². The third-order valence-electron chi connectivity index (χ3n) is 3.10. The Balaban J connectivity index is 1.87. The van der Waals surface area contributed by atoms with Crippen LogP contribution in [0, 0.1) is 17.1 Å². The fraction of sp³-hybridized carbons (Fsp3) is 0. The number of nitrogens with zero attached hydrogens (tertiary/aromatic N) is 2. The number of anilines is 1. The average molecular weight is 323 g/mol. The number of carbonyl (C=O) groups is 1. The van der Waals surface area contributed by atoms with Crippen LogP contribution < -0.4 is 5.32 Å². The van der Waals surface area contributed by atoms with E-state index in [1.807, 2.05) is 30.3 Å². The fourth-order valence-corrected chi connectivity index (χ4v) is 2.79. The molecule has 1 aromatic heterocycles. The Labute approximate surface area is 135 Å². The minimum Gasteiger partial charge on any atom is -0.298 e. The van der Waals surface area contributed by atoms with Crippen LogP contribution in [0.25, 0.3) is 11.3 Å². The molecule has 0 radical (unpaired) electrons. The van der Waals surface area contributed by atoms with Crippen molar-refractivity contribution in [2.75, 3.05) is 5.32 Å². The molecule has 0 bridgehead atoms. The van der Waals surface area contributed by atoms with Crippen molar-refractivity contribution in [2.24, 2.45) is 0 Å². The summed E-state index contributed by atoms with van der Waals surface area (Å²) in [7, 11) is 0. The Morgan fingerprint density at radius 2 is 1.83 bits per heavy atom. The first-order valence-corrected chi connectivity index (χ1v) is 7.52. The Morgan fingerprint density at radius 3 is 2.48 bits per heavy atom. The second-order valence-electron chi connectivity index (χ2n) is 4.64. The number of aromatic nitrogens is 1. The highest BCUT2D eigenvalue weighted by Crippen LogP contribution is 2.30. The minimum atomic E-state index is -0.408. The number of thiazole rings is 1. The van der Waals surface area contributed by atoms with Gasteiger partial charge in [-0.15, -0.1) is 0 Å². The second kappa shape index (κ2) is 6.38. The van der Waals surface area contributed by atoms with Gasteiger partial charge >= 0.3 is 0 Å². The van der Waals surface area contributed by atoms with Crippen molar-refractivity contribution >= 4 is 22.4 Å². The summed E-state index contributed by atoms with van der Waals surface area (Å²) < 4.78 is 12.9. The van der Waals surface area contributed by atoms with Crippen LogP contribution in [0.3, 0.4) is 0 Å². The maximum absolute atomic E-state index is 12.9. The quantitative estimate of drug-likeness (QED) is 0.790. The summed E-state index contributed by atoms with van der Waals surface area (Å²) in [6.07, 6.45) is 0. The van der Waals surface area contributed by atoms with Gasteiger partial charge in [-0.05, 0) is 24.3 Å². The normalized spacial score (nSPS) is 10.1. The summed E-state index contributed by atoms with van der Waals surface area (Å²) in [6, 6.07) is 16.6. The zero-order valence-electron chi connectivity index (χ0n) is 11.8. The number of nitriles is 1. The largest absolute Gasteiger partial charge is 0.298 e. The highest BCUT2D eigenvalue weighted by Gasteiger charge is 2.15. The van der Waals surface area contributed by atoms with Gasteiger partial charge in [0.15, 0.2) is 5.13 Å². The summed E-state index contributed by atoms with van der Waals surface area (Å²) >= 11 is 1.10. The number of benzene rings is 2. The molecule has 0 spiro atoms. The molecule has 1 N–H and O–H groups in total. The third-order valence-corrected chi connectivity index (χ3v) is 3.98. The standard InChI is InChI=1S/C17H10FN3OS/c18-13-8-6-12(7-9-13)16(22)21-17-20-15(14(10-19)23-17)11-4-2-1-3-5-11/h1-9H,(H,20,21,22).